The topological polar surface area (TPSA) is 44.8 Å². The van der Waals surface area contributed by atoms with Gasteiger partial charge in [0.05, 0.1) is 19.3 Å². The highest BCUT2D eigenvalue weighted by Crippen LogP contribution is 2.19. The lowest BCUT2D eigenvalue weighted by Crippen LogP contribution is -2.47. The number of ether oxygens (including phenoxy) is 1. The lowest BCUT2D eigenvalue weighted by atomic mass is 9.93. The van der Waals surface area contributed by atoms with Gasteiger partial charge in [0.1, 0.15) is 0 Å². The third-order valence-electron chi connectivity index (χ3n) is 3.98. The van der Waals surface area contributed by atoms with Crippen LogP contribution >= 0.6 is 0 Å². The van der Waals surface area contributed by atoms with Gasteiger partial charge < -0.3 is 15.0 Å². The maximum absolute atomic E-state index is 12.3. The molecule has 5 nitrogen and oxygen atoms in total. The second-order valence-electron chi connectivity index (χ2n) is 6.48. The first kappa shape index (κ1) is 14.8. The van der Waals surface area contributed by atoms with Crippen LogP contribution in [0.5, 0.6) is 0 Å². The van der Waals surface area contributed by atoms with E-state index in [0.717, 1.165) is 52.5 Å². The maximum Gasteiger partial charge on any atom is 0.239 e. The smallest absolute Gasteiger partial charge is 0.239 e. The van der Waals surface area contributed by atoms with Crippen LogP contribution in [0, 0.1) is 5.41 Å². The van der Waals surface area contributed by atoms with Gasteiger partial charge in [-0.25, -0.2) is 0 Å². The van der Waals surface area contributed by atoms with Crippen LogP contribution in [-0.2, 0) is 9.53 Å². The second-order valence-corrected chi connectivity index (χ2v) is 6.48. The molecule has 1 amide bonds. The monoisotopic (exact) mass is 269 g/mol. The van der Waals surface area contributed by atoms with Crippen LogP contribution in [0.1, 0.15) is 20.8 Å². The fraction of sp³-hybridized carbons (Fsp3) is 0.929. The van der Waals surface area contributed by atoms with E-state index in [1.165, 1.54) is 0 Å². The Morgan fingerprint density at radius 2 is 2.00 bits per heavy atom. The van der Waals surface area contributed by atoms with Gasteiger partial charge in [-0.3, -0.25) is 9.69 Å². The van der Waals surface area contributed by atoms with Crippen molar-refractivity contribution in [2.45, 2.75) is 26.8 Å². The molecule has 2 aliphatic heterocycles. The first-order valence-corrected chi connectivity index (χ1v) is 7.30. The molecule has 0 aromatic carbocycles. The molecule has 5 heteroatoms. The number of carbonyl (C=O) groups excluding carboxylic acids is 1. The Morgan fingerprint density at radius 3 is 2.68 bits per heavy atom. The lowest BCUT2D eigenvalue weighted by molar-refractivity contribution is -0.133. The molecule has 0 saturated carbocycles. The van der Waals surface area contributed by atoms with Crippen LogP contribution in [0.15, 0.2) is 0 Å². The standard InChI is InChI=1S/C14H27N3O2/c1-12-13(18)17(11-14(2,3)10-15-12)5-4-16-6-8-19-9-7-16/h12,15H,4-11H2,1-3H3. The van der Waals surface area contributed by atoms with Crippen LogP contribution in [-0.4, -0.2) is 74.2 Å². The van der Waals surface area contributed by atoms with Crippen molar-refractivity contribution in [3.8, 4) is 0 Å². The van der Waals surface area contributed by atoms with Gasteiger partial charge >= 0.3 is 0 Å². The molecule has 0 aromatic rings. The lowest BCUT2D eigenvalue weighted by Gasteiger charge is -2.32. The van der Waals surface area contributed by atoms with E-state index in [9.17, 15) is 4.79 Å². The van der Waals surface area contributed by atoms with Gasteiger partial charge in [-0.2, -0.15) is 0 Å². The highest BCUT2D eigenvalue weighted by molar-refractivity contribution is 5.81. The van der Waals surface area contributed by atoms with E-state index >= 15 is 0 Å². The quantitative estimate of drug-likeness (QED) is 0.793. The highest BCUT2D eigenvalue weighted by atomic mass is 16.5. The Balaban J connectivity index is 1.89. The Kier molecular flexibility index (Phi) is 4.81. The van der Waals surface area contributed by atoms with E-state index in [0.29, 0.717) is 0 Å². The third-order valence-corrected chi connectivity index (χ3v) is 3.98. The molecule has 2 fully saturated rings. The van der Waals surface area contributed by atoms with Gasteiger partial charge in [-0.05, 0) is 12.3 Å². The molecule has 0 aliphatic carbocycles. The number of hydrogen-bond donors (Lipinski definition) is 1. The maximum atomic E-state index is 12.3. The summed E-state index contributed by atoms with van der Waals surface area (Å²) in [5.41, 5.74) is 0.144. The molecule has 0 bridgehead atoms. The molecule has 0 spiro atoms. The van der Waals surface area contributed by atoms with E-state index in [1.807, 2.05) is 11.8 Å². The first-order chi connectivity index (χ1) is 8.98. The zero-order valence-corrected chi connectivity index (χ0v) is 12.4. The number of amides is 1. The first-order valence-electron chi connectivity index (χ1n) is 7.30. The van der Waals surface area contributed by atoms with Crippen molar-refractivity contribution >= 4 is 5.91 Å². The Morgan fingerprint density at radius 1 is 1.32 bits per heavy atom. The molecule has 2 aliphatic rings. The molecule has 2 rings (SSSR count). The Bertz CT molecular complexity index is 314. The summed E-state index contributed by atoms with van der Waals surface area (Å²) >= 11 is 0. The number of rotatable bonds is 3. The molecular formula is C14H27N3O2. The minimum Gasteiger partial charge on any atom is -0.379 e. The van der Waals surface area contributed by atoms with Crippen molar-refractivity contribution in [3.63, 3.8) is 0 Å². The van der Waals surface area contributed by atoms with Crippen molar-refractivity contribution < 1.29 is 9.53 Å². The number of nitrogens with one attached hydrogen (secondary N) is 1. The molecule has 1 unspecified atom stereocenters. The fourth-order valence-electron chi connectivity index (χ4n) is 2.72. The predicted molar refractivity (Wildman–Crippen MR) is 75.1 cm³/mol. The van der Waals surface area contributed by atoms with Crippen molar-refractivity contribution in [1.82, 2.24) is 15.1 Å². The molecular weight excluding hydrogens is 242 g/mol. The minimum absolute atomic E-state index is 0.0635. The third kappa shape index (κ3) is 4.16. The summed E-state index contributed by atoms with van der Waals surface area (Å²) in [6.45, 7) is 13.5. The zero-order chi connectivity index (χ0) is 13.9. The fourth-order valence-corrected chi connectivity index (χ4v) is 2.72. The van der Waals surface area contributed by atoms with Crippen LogP contribution < -0.4 is 5.32 Å². The van der Waals surface area contributed by atoms with Crippen LogP contribution in [0.25, 0.3) is 0 Å². The number of morpholine rings is 1. The number of hydrogen-bond acceptors (Lipinski definition) is 4. The van der Waals surface area contributed by atoms with Crippen molar-refractivity contribution in [2.75, 3.05) is 52.5 Å². The van der Waals surface area contributed by atoms with E-state index < -0.39 is 0 Å². The Labute approximate surface area is 116 Å². The van der Waals surface area contributed by atoms with Gasteiger partial charge in [0.15, 0.2) is 0 Å². The number of nitrogens with zero attached hydrogens (tertiary/aromatic N) is 2. The van der Waals surface area contributed by atoms with Gasteiger partial charge in [0.25, 0.3) is 0 Å². The zero-order valence-electron chi connectivity index (χ0n) is 12.4. The Hall–Kier alpha value is -0.650. The summed E-state index contributed by atoms with van der Waals surface area (Å²) in [5.74, 6) is 0.235. The summed E-state index contributed by atoms with van der Waals surface area (Å²) < 4.78 is 5.35. The van der Waals surface area contributed by atoms with Crippen molar-refractivity contribution in [1.29, 1.82) is 0 Å². The average Bonchev–Trinajstić information content (AvgIpc) is 2.49. The van der Waals surface area contributed by atoms with E-state index in [2.05, 4.69) is 24.1 Å². The normalized spacial score (nSPS) is 29.3. The average molecular weight is 269 g/mol. The van der Waals surface area contributed by atoms with E-state index in [-0.39, 0.29) is 17.4 Å². The molecule has 110 valence electrons. The highest BCUT2D eigenvalue weighted by Gasteiger charge is 2.32. The summed E-state index contributed by atoms with van der Waals surface area (Å²) in [6.07, 6.45) is 0. The molecule has 19 heavy (non-hydrogen) atoms. The summed E-state index contributed by atoms with van der Waals surface area (Å²) in [7, 11) is 0. The van der Waals surface area contributed by atoms with Gasteiger partial charge in [-0.15, -0.1) is 0 Å². The van der Waals surface area contributed by atoms with Crippen LogP contribution in [0.2, 0.25) is 0 Å². The molecule has 1 N–H and O–H groups in total. The molecule has 1 atom stereocenters. The molecule has 0 aromatic heterocycles. The SMILES string of the molecule is CC1NCC(C)(C)CN(CCN2CCOCC2)C1=O. The van der Waals surface area contributed by atoms with Gasteiger partial charge in [0, 0.05) is 39.3 Å². The minimum atomic E-state index is -0.0635. The predicted octanol–water partition coefficient (Wildman–Crippen LogP) is 0.165. The van der Waals surface area contributed by atoms with Crippen LogP contribution in [0.3, 0.4) is 0 Å². The summed E-state index contributed by atoms with van der Waals surface area (Å²) in [4.78, 5) is 16.7. The molecule has 2 heterocycles. The second kappa shape index (κ2) is 6.20. The van der Waals surface area contributed by atoms with Crippen molar-refractivity contribution in [2.24, 2.45) is 5.41 Å². The molecule has 0 radical (unpaired) electrons. The summed E-state index contributed by atoms with van der Waals surface area (Å²) in [6, 6.07) is -0.0635. The van der Waals surface area contributed by atoms with Gasteiger partial charge in [-0.1, -0.05) is 13.8 Å². The molecule has 2 saturated heterocycles. The summed E-state index contributed by atoms with van der Waals surface area (Å²) in [5, 5.41) is 3.33. The number of carbonyl (C=O) groups is 1. The largest absolute Gasteiger partial charge is 0.379 e. The van der Waals surface area contributed by atoms with Gasteiger partial charge in [0.2, 0.25) is 5.91 Å². The van der Waals surface area contributed by atoms with Crippen molar-refractivity contribution in [3.05, 3.63) is 0 Å². The van der Waals surface area contributed by atoms with Crippen LogP contribution in [0.4, 0.5) is 0 Å². The van der Waals surface area contributed by atoms with E-state index in [1.54, 1.807) is 0 Å². The van der Waals surface area contributed by atoms with E-state index in [4.69, 9.17) is 4.74 Å².